The molecule has 174 valence electrons. The minimum absolute atomic E-state index is 0.0103. The lowest BCUT2D eigenvalue weighted by Gasteiger charge is -2.55. The molecule has 3 nitrogen and oxygen atoms in total. The van der Waals surface area contributed by atoms with Crippen molar-refractivity contribution in [2.45, 2.75) is 52.6 Å². The van der Waals surface area contributed by atoms with Gasteiger partial charge in [0.1, 0.15) is 11.4 Å². The van der Waals surface area contributed by atoms with Crippen molar-refractivity contribution in [3.8, 4) is 0 Å². The van der Waals surface area contributed by atoms with Crippen molar-refractivity contribution in [3.05, 3.63) is 68.0 Å². The van der Waals surface area contributed by atoms with Crippen molar-refractivity contribution in [2.75, 3.05) is 13.1 Å². The van der Waals surface area contributed by atoms with Gasteiger partial charge >= 0.3 is 0 Å². The lowest BCUT2D eigenvalue weighted by molar-refractivity contribution is -0.157. The van der Waals surface area contributed by atoms with Crippen LogP contribution in [0.15, 0.2) is 30.3 Å². The van der Waals surface area contributed by atoms with Gasteiger partial charge in [0.25, 0.3) is 5.91 Å². The highest BCUT2D eigenvalue weighted by molar-refractivity contribution is 14.1. The van der Waals surface area contributed by atoms with E-state index in [1.54, 1.807) is 6.07 Å². The summed E-state index contributed by atoms with van der Waals surface area (Å²) < 4.78 is 43.7. The Labute approximate surface area is 201 Å². The standard InChI is InChI=1S/C25H29F3INO2/c1-15(2)9-10-24(3,4)25(32)13-30(14-25)23(31)18-7-8-20(26)22(28)19(18)11-16-5-6-17(29)12-21(16)27/h5-8,12,15,32H,9-11,13-14H2,1-4H3. The van der Waals surface area contributed by atoms with Crippen LogP contribution in [-0.4, -0.2) is 34.6 Å². The van der Waals surface area contributed by atoms with Gasteiger partial charge in [0.15, 0.2) is 11.6 Å². The van der Waals surface area contributed by atoms with Gasteiger partial charge in [-0.3, -0.25) is 4.79 Å². The molecule has 1 aliphatic rings. The van der Waals surface area contributed by atoms with Crippen LogP contribution in [0.3, 0.4) is 0 Å². The zero-order valence-corrected chi connectivity index (χ0v) is 21.0. The van der Waals surface area contributed by atoms with Crippen LogP contribution in [-0.2, 0) is 6.42 Å². The lowest BCUT2D eigenvalue weighted by Crippen LogP contribution is -2.69. The van der Waals surface area contributed by atoms with E-state index in [0.29, 0.717) is 9.49 Å². The van der Waals surface area contributed by atoms with E-state index in [9.17, 15) is 23.1 Å². The van der Waals surface area contributed by atoms with Crippen molar-refractivity contribution < 1.29 is 23.1 Å². The second kappa shape index (κ2) is 9.33. The van der Waals surface area contributed by atoms with E-state index in [1.807, 2.05) is 36.4 Å². The number of likely N-dealkylation sites (tertiary alicyclic amines) is 1. The maximum absolute atomic E-state index is 14.7. The summed E-state index contributed by atoms with van der Waals surface area (Å²) in [5.41, 5.74) is -1.44. The molecule has 0 aliphatic carbocycles. The number of aliphatic hydroxyl groups is 1. The molecule has 2 aromatic rings. The fraction of sp³-hybridized carbons (Fsp3) is 0.480. The molecule has 0 bridgehead atoms. The molecule has 1 saturated heterocycles. The van der Waals surface area contributed by atoms with Crippen LogP contribution in [0.5, 0.6) is 0 Å². The molecule has 1 N–H and O–H groups in total. The molecule has 0 atom stereocenters. The van der Waals surface area contributed by atoms with Gasteiger partial charge in [0.05, 0.1) is 13.1 Å². The average Bonchev–Trinajstić information content (AvgIpc) is 2.68. The Morgan fingerprint density at radius 1 is 1.16 bits per heavy atom. The van der Waals surface area contributed by atoms with Crippen LogP contribution in [0.4, 0.5) is 13.2 Å². The van der Waals surface area contributed by atoms with Crippen molar-refractivity contribution >= 4 is 28.5 Å². The minimum Gasteiger partial charge on any atom is -0.386 e. The van der Waals surface area contributed by atoms with Crippen molar-refractivity contribution in [2.24, 2.45) is 11.3 Å². The van der Waals surface area contributed by atoms with Crippen LogP contribution < -0.4 is 0 Å². The first-order chi connectivity index (χ1) is 14.8. The molecule has 0 aromatic heterocycles. The summed E-state index contributed by atoms with van der Waals surface area (Å²) in [6.07, 6.45) is 1.52. The van der Waals surface area contributed by atoms with Crippen LogP contribution in [0, 0.1) is 32.4 Å². The van der Waals surface area contributed by atoms with Crippen LogP contribution in [0.1, 0.15) is 62.0 Å². The number of nitrogens with zero attached hydrogens (tertiary/aromatic N) is 1. The molecule has 7 heteroatoms. The first kappa shape index (κ1) is 25.0. The minimum atomic E-state index is -1.15. The van der Waals surface area contributed by atoms with Gasteiger partial charge in [-0.1, -0.05) is 40.2 Å². The Morgan fingerprint density at radius 2 is 1.81 bits per heavy atom. The summed E-state index contributed by atoms with van der Waals surface area (Å²) >= 11 is 1.96. The van der Waals surface area contributed by atoms with Gasteiger partial charge in [0, 0.05) is 21.1 Å². The number of amides is 1. The maximum atomic E-state index is 14.7. The fourth-order valence-corrected chi connectivity index (χ4v) is 4.48. The summed E-state index contributed by atoms with van der Waals surface area (Å²) in [7, 11) is 0. The molecular formula is C25H29F3INO2. The Balaban J connectivity index is 1.83. The number of carbonyl (C=O) groups is 1. The van der Waals surface area contributed by atoms with Gasteiger partial charge in [-0.25, -0.2) is 13.2 Å². The van der Waals surface area contributed by atoms with Gasteiger partial charge in [-0.05, 0) is 70.2 Å². The quantitative estimate of drug-likeness (QED) is 0.427. The molecule has 32 heavy (non-hydrogen) atoms. The topological polar surface area (TPSA) is 40.5 Å². The third kappa shape index (κ3) is 4.98. The van der Waals surface area contributed by atoms with Gasteiger partial charge < -0.3 is 10.0 Å². The molecule has 0 radical (unpaired) electrons. The molecule has 3 rings (SSSR count). The predicted octanol–water partition coefficient (Wildman–Crippen LogP) is 5.95. The number of hydrogen-bond acceptors (Lipinski definition) is 2. The van der Waals surface area contributed by atoms with E-state index < -0.39 is 34.4 Å². The number of carbonyl (C=O) groups excluding carboxylic acids is 1. The van der Waals surface area contributed by atoms with Crippen molar-refractivity contribution in [1.29, 1.82) is 0 Å². The smallest absolute Gasteiger partial charge is 0.254 e. The highest BCUT2D eigenvalue weighted by Gasteiger charge is 2.53. The Bertz CT molecular complexity index is 1020. The van der Waals surface area contributed by atoms with E-state index in [4.69, 9.17) is 0 Å². The highest BCUT2D eigenvalue weighted by atomic mass is 127. The zero-order chi connectivity index (χ0) is 23.8. The van der Waals surface area contributed by atoms with E-state index in [1.165, 1.54) is 23.1 Å². The first-order valence-corrected chi connectivity index (χ1v) is 11.8. The second-order valence-corrected chi connectivity index (χ2v) is 11.1. The number of hydrogen-bond donors (Lipinski definition) is 1. The second-order valence-electron chi connectivity index (χ2n) is 9.81. The predicted molar refractivity (Wildman–Crippen MR) is 127 cm³/mol. The SMILES string of the molecule is CC(C)CCC(C)(C)C1(O)CN(C(=O)c2ccc(F)c(F)c2Cc2ccc(I)cc2F)C1. The molecular weight excluding hydrogens is 530 g/mol. The van der Waals surface area contributed by atoms with Gasteiger partial charge in [-0.15, -0.1) is 0 Å². The largest absolute Gasteiger partial charge is 0.386 e. The van der Waals surface area contributed by atoms with Crippen molar-refractivity contribution in [1.82, 2.24) is 4.90 Å². The summed E-state index contributed by atoms with van der Waals surface area (Å²) in [5.74, 6) is -2.76. The average molecular weight is 559 g/mol. The molecule has 1 fully saturated rings. The number of rotatable bonds is 7. The highest BCUT2D eigenvalue weighted by Crippen LogP contribution is 2.43. The summed E-state index contributed by atoms with van der Waals surface area (Å²) in [6.45, 7) is 8.45. The van der Waals surface area contributed by atoms with Crippen LogP contribution in [0.2, 0.25) is 0 Å². The monoisotopic (exact) mass is 559 g/mol. The summed E-state index contributed by atoms with van der Waals surface area (Å²) in [5, 5.41) is 11.1. The number of halogens is 4. The number of benzene rings is 2. The molecule has 0 unspecified atom stereocenters. The fourth-order valence-electron chi connectivity index (χ4n) is 4.03. The van der Waals surface area contributed by atoms with Gasteiger partial charge in [-0.2, -0.15) is 0 Å². The normalized spacial score (nSPS) is 15.8. The lowest BCUT2D eigenvalue weighted by atomic mass is 9.67. The maximum Gasteiger partial charge on any atom is 0.254 e. The van der Waals surface area contributed by atoms with E-state index in [-0.39, 0.29) is 36.2 Å². The van der Waals surface area contributed by atoms with E-state index >= 15 is 0 Å². The summed E-state index contributed by atoms with van der Waals surface area (Å²) in [6, 6.07) is 6.64. The molecule has 1 heterocycles. The van der Waals surface area contributed by atoms with Crippen molar-refractivity contribution in [3.63, 3.8) is 0 Å². The van der Waals surface area contributed by atoms with E-state index in [0.717, 1.165) is 18.9 Å². The Kier molecular flexibility index (Phi) is 7.29. The summed E-state index contributed by atoms with van der Waals surface area (Å²) in [4.78, 5) is 14.6. The van der Waals surface area contributed by atoms with Crippen LogP contribution in [0.25, 0.3) is 0 Å². The van der Waals surface area contributed by atoms with Crippen LogP contribution >= 0.6 is 22.6 Å². The third-order valence-corrected chi connectivity index (χ3v) is 7.28. The first-order valence-electron chi connectivity index (χ1n) is 10.8. The zero-order valence-electron chi connectivity index (χ0n) is 18.8. The molecule has 1 amide bonds. The number of β-amino-alcohol motifs (C(OH)–C–C–N with tert-alkyl or cyclic N) is 1. The molecule has 0 spiro atoms. The van der Waals surface area contributed by atoms with Gasteiger partial charge in [0.2, 0.25) is 0 Å². The van der Waals surface area contributed by atoms with E-state index in [2.05, 4.69) is 13.8 Å². The Hall–Kier alpha value is -1.61. The molecule has 2 aromatic carbocycles. The molecule has 0 saturated carbocycles. The third-order valence-electron chi connectivity index (χ3n) is 6.61. The molecule has 1 aliphatic heterocycles. The Morgan fingerprint density at radius 3 is 2.41 bits per heavy atom.